The maximum absolute atomic E-state index is 4.69. The van der Waals surface area contributed by atoms with Gasteiger partial charge in [0, 0.05) is 21.8 Å². The molecule has 1 fully saturated rings. The van der Waals surface area contributed by atoms with Crippen LogP contribution < -0.4 is 0 Å². The number of thiazole rings is 1. The molecule has 0 aliphatic heterocycles. The minimum atomic E-state index is 0.920. The Labute approximate surface area is 108 Å². The molecule has 0 atom stereocenters. The SMILES string of the molecule is Brc1ccc(-c2csc(CC3CC3)n2)cc1. The summed E-state index contributed by atoms with van der Waals surface area (Å²) in [6, 6.07) is 8.35. The summed E-state index contributed by atoms with van der Waals surface area (Å²) >= 11 is 5.24. The first kappa shape index (κ1) is 10.5. The fourth-order valence-corrected chi connectivity index (χ4v) is 2.91. The summed E-state index contributed by atoms with van der Waals surface area (Å²) in [6.45, 7) is 0. The van der Waals surface area contributed by atoms with Gasteiger partial charge in [-0.1, -0.05) is 28.1 Å². The third kappa shape index (κ3) is 2.36. The molecule has 0 spiro atoms. The molecule has 0 bridgehead atoms. The van der Waals surface area contributed by atoms with Crippen molar-refractivity contribution in [1.29, 1.82) is 0 Å². The van der Waals surface area contributed by atoms with E-state index in [-0.39, 0.29) is 0 Å². The summed E-state index contributed by atoms with van der Waals surface area (Å²) in [4.78, 5) is 4.69. The maximum Gasteiger partial charge on any atom is 0.0935 e. The lowest BCUT2D eigenvalue weighted by atomic mass is 10.2. The number of nitrogens with zero attached hydrogens (tertiary/aromatic N) is 1. The van der Waals surface area contributed by atoms with Crippen LogP contribution in [-0.2, 0) is 6.42 Å². The largest absolute Gasteiger partial charge is 0.241 e. The third-order valence-corrected chi connectivity index (χ3v) is 4.25. The zero-order valence-electron chi connectivity index (χ0n) is 8.82. The summed E-state index contributed by atoms with van der Waals surface area (Å²) in [5.74, 6) is 0.920. The molecule has 0 radical (unpaired) electrons. The highest BCUT2D eigenvalue weighted by molar-refractivity contribution is 9.10. The van der Waals surface area contributed by atoms with Crippen molar-refractivity contribution in [2.45, 2.75) is 19.3 Å². The van der Waals surface area contributed by atoms with Crippen LogP contribution in [0, 0.1) is 5.92 Å². The molecule has 3 heteroatoms. The first-order valence-electron chi connectivity index (χ1n) is 5.51. The van der Waals surface area contributed by atoms with Crippen molar-refractivity contribution in [2.24, 2.45) is 5.92 Å². The summed E-state index contributed by atoms with van der Waals surface area (Å²) in [6.07, 6.45) is 3.97. The molecule has 1 aromatic carbocycles. The second-order valence-corrected chi connectivity index (χ2v) is 6.14. The molecule has 1 saturated carbocycles. The van der Waals surface area contributed by atoms with Crippen LogP contribution >= 0.6 is 27.3 Å². The van der Waals surface area contributed by atoms with Gasteiger partial charge in [0.05, 0.1) is 10.7 Å². The molecule has 1 heterocycles. The highest BCUT2D eigenvalue weighted by Crippen LogP contribution is 2.34. The van der Waals surface area contributed by atoms with Crippen LogP contribution in [-0.4, -0.2) is 4.98 Å². The molecule has 0 saturated heterocycles. The van der Waals surface area contributed by atoms with Crippen LogP contribution in [0.4, 0.5) is 0 Å². The highest BCUT2D eigenvalue weighted by atomic mass is 79.9. The van der Waals surface area contributed by atoms with Gasteiger partial charge in [-0.3, -0.25) is 0 Å². The zero-order chi connectivity index (χ0) is 11.0. The zero-order valence-corrected chi connectivity index (χ0v) is 11.2. The van der Waals surface area contributed by atoms with E-state index >= 15 is 0 Å². The van der Waals surface area contributed by atoms with Crippen molar-refractivity contribution < 1.29 is 0 Å². The first-order valence-corrected chi connectivity index (χ1v) is 7.19. The van der Waals surface area contributed by atoms with E-state index in [1.807, 2.05) is 0 Å². The van der Waals surface area contributed by atoms with Crippen molar-refractivity contribution in [3.05, 3.63) is 39.1 Å². The van der Waals surface area contributed by atoms with Gasteiger partial charge in [0.2, 0.25) is 0 Å². The first-order chi connectivity index (χ1) is 7.81. The van der Waals surface area contributed by atoms with E-state index in [9.17, 15) is 0 Å². The van der Waals surface area contributed by atoms with Crippen molar-refractivity contribution in [3.63, 3.8) is 0 Å². The molecular formula is C13H12BrNS. The fraction of sp³-hybridized carbons (Fsp3) is 0.308. The van der Waals surface area contributed by atoms with E-state index in [1.165, 1.54) is 29.8 Å². The van der Waals surface area contributed by atoms with E-state index < -0.39 is 0 Å². The molecule has 1 nitrogen and oxygen atoms in total. The van der Waals surface area contributed by atoms with Gasteiger partial charge in [-0.05, 0) is 30.9 Å². The van der Waals surface area contributed by atoms with Crippen molar-refractivity contribution in [1.82, 2.24) is 4.98 Å². The summed E-state index contributed by atoms with van der Waals surface area (Å²) in [5, 5.41) is 3.46. The summed E-state index contributed by atoms with van der Waals surface area (Å²) in [5.41, 5.74) is 2.33. The number of halogens is 1. The molecule has 1 aliphatic carbocycles. The van der Waals surface area contributed by atoms with Gasteiger partial charge >= 0.3 is 0 Å². The van der Waals surface area contributed by atoms with Crippen LogP contribution in [0.3, 0.4) is 0 Å². The molecule has 1 aliphatic rings. The summed E-state index contributed by atoms with van der Waals surface area (Å²) < 4.78 is 1.12. The Bertz CT molecular complexity index is 485. The van der Waals surface area contributed by atoms with Gasteiger partial charge in [0.25, 0.3) is 0 Å². The number of aromatic nitrogens is 1. The van der Waals surface area contributed by atoms with Gasteiger partial charge in [-0.15, -0.1) is 11.3 Å². The molecule has 0 N–H and O–H groups in total. The predicted molar refractivity (Wildman–Crippen MR) is 71.7 cm³/mol. The topological polar surface area (TPSA) is 12.9 Å². The van der Waals surface area contributed by atoms with E-state index in [1.54, 1.807) is 11.3 Å². The molecule has 1 aromatic heterocycles. The molecule has 0 unspecified atom stereocenters. The van der Waals surface area contributed by atoms with Crippen LogP contribution in [0.5, 0.6) is 0 Å². The maximum atomic E-state index is 4.69. The fourth-order valence-electron chi connectivity index (χ4n) is 1.73. The molecule has 82 valence electrons. The van der Waals surface area contributed by atoms with Crippen LogP contribution in [0.1, 0.15) is 17.8 Å². The van der Waals surface area contributed by atoms with E-state index in [0.29, 0.717) is 0 Å². The third-order valence-electron chi connectivity index (χ3n) is 2.85. The number of hydrogen-bond donors (Lipinski definition) is 0. The predicted octanol–water partition coefficient (Wildman–Crippen LogP) is 4.53. The summed E-state index contributed by atoms with van der Waals surface area (Å²) in [7, 11) is 0. The standard InChI is InChI=1S/C13H12BrNS/c14-11-5-3-10(4-6-11)12-8-16-13(15-12)7-9-1-2-9/h3-6,8-9H,1-2,7H2. The number of rotatable bonds is 3. The molecule has 0 amide bonds. The Hall–Kier alpha value is -0.670. The van der Waals surface area contributed by atoms with E-state index in [4.69, 9.17) is 4.98 Å². The lowest BCUT2D eigenvalue weighted by molar-refractivity contribution is 0.825. The number of hydrogen-bond acceptors (Lipinski definition) is 2. The molecule has 2 aromatic rings. The van der Waals surface area contributed by atoms with Gasteiger partial charge in [-0.25, -0.2) is 4.98 Å². The molecular weight excluding hydrogens is 282 g/mol. The minimum Gasteiger partial charge on any atom is -0.241 e. The number of benzene rings is 1. The minimum absolute atomic E-state index is 0.920. The monoisotopic (exact) mass is 293 g/mol. The Morgan fingerprint density at radius 2 is 2.00 bits per heavy atom. The van der Waals surface area contributed by atoms with Gasteiger partial charge in [-0.2, -0.15) is 0 Å². The lowest BCUT2D eigenvalue weighted by Crippen LogP contribution is -1.85. The average Bonchev–Trinajstić information content (AvgIpc) is 2.97. The van der Waals surface area contributed by atoms with Crippen LogP contribution in [0.2, 0.25) is 0 Å². The smallest absolute Gasteiger partial charge is 0.0935 e. The van der Waals surface area contributed by atoms with E-state index in [0.717, 1.165) is 16.1 Å². The quantitative estimate of drug-likeness (QED) is 0.810. The normalized spacial score (nSPS) is 15.3. The Morgan fingerprint density at radius 1 is 1.25 bits per heavy atom. The Morgan fingerprint density at radius 3 is 2.69 bits per heavy atom. The van der Waals surface area contributed by atoms with Crippen molar-refractivity contribution in [3.8, 4) is 11.3 Å². The molecule has 3 rings (SSSR count). The Balaban J connectivity index is 1.82. The van der Waals surface area contributed by atoms with Crippen LogP contribution in [0.15, 0.2) is 34.1 Å². The molecule has 16 heavy (non-hydrogen) atoms. The second-order valence-electron chi connectivity index (χ2n) is 4.28. The van der Waals surface area contributed by atoms with Gasteiger partial charge in [0.15, 0.2) is 0 Å². The van der Waals surface area contributed by atoms with Gasteiger partial charge in [0.1, 0.15) is 0 Å². The van der Waals surface area contributed by atoms with Crippen LogP contribution in [0.25, 0.3) is 11.3 Å². The van der Waals surface area contributed by atoms with Crippen molar-refractivity contribution in [2.75, 3.05) is 0 Å². The highest BCUT2D eigenvalue weighted by Gasteiger charge is 2.22. The lowest BCUT2D eigenvalue weighted by Gasteiger charge is -1.96. The second kappa shape index (κ2) is 4.30. The van der Waals surface area contributed by atoms with Gasteiger partial charge < -0.3 is 0 Å². The Kier molecular flexibility index (Phi) is 2.82. The van der Waals surface area contributed by atoms with Crippen molar-refractivity contribution >= 4 is 27.3 Å². The van der Waals surface area contributed by atoms with E-state index in [2.05, 4.69) is 45.6 Å². The average molecular weight is 294 g/mol.